The normalized spacial score (nSPS) is 14.1. The summed E-state index contributed by atoms with van der Waals surface area (Å²) in [6, 6.07) is 36.8. The topological polar surface area (TPSA) is 59.1 Å². The van der Waals surface area contributed by atoms with E-state index in [1.54, 1.807) is 0 Å². The highest BCUT2D eigenvalue weighted by atomic mass is 79.9. The Hall–Kier alpha value is -4.76. The maximum atomic E-state index is 11.4. The third kappa shape index (κ3) is 8.62. The molecule has 1 fully saturated rings. The molecule has 0 N–H and O–H groups in total. The van der Waals surface area contributed by atoms with Crippen LogP contribution in [0.5, 0.6) is 0 Å². The van der Waals surface area contributed by atoms with Crippen molar-refractivity contribution < 1.29 is 18.9 Å². The van der Waals surface area contributed by atoms with Gasteiger partial charge in [0.05, 0.1) is 11.2 Å². The second-order valence-corrected chi connectivity index (χ2v) is 16.0. The van der Waals surface area contributed by atoms with E-state index in [-0.39, 0.29) is 11.2 Å². The molecule has 1 aliphatic rings. The van der Waals surface area contributed by atoms with Crippen LogP contribution in [0, 0.1) is 13.8 Å². The molecule has 8 heteroatoms. The number of carbonyl (C=O) groups is 2. The molecular formula is C46H50BBrN2O4. The van der Waals surface area contributed by atoms with E-state index < -0.39 is 7.12 Å². The Morgan fingerprint density at radius 2 is 1.02 bits per heavy atom. The highest BCUT2D eigenvalue weighted by Crippen LogP contribution is 2.37. The van der Waals surface area contributed by atoms with E-state index in [2.05, 4.69) is 126 Å². The van der Waals surface area contributed by atoms with E-state index in [1.165, 1.54) is 32.9 Å². The molecule has 7 rings (SSSR count). The van der Waals surface area contributed by atoms with Gasteiger partial charge in [-0.25, -0.2) is 0 Å². The average molecular weight is 786 g/mol. The average Bonchev–Trinajstić information content (AvgIpc) is 3.37. The molecule has 0 spiro atoms. The van der Waals surface area contributed by atoms with Gasteiger partial charge in [-0.2, -0.15) is 0 Å². The monoisotopic (exact) mass is 784 g/mol. The van der Waals surface area contributed by atoms with Crippen molar-refractivity contribution in [1.29, 1.82) is 0 Å². The number of nitrogens with zero attached hydrogens (tertiary/aromatic N) is 2. The third-order valence-corrected chi connectivity index (χ3v) is 10.9. The molecule has 0 amide bonds. The smallest absolute Gasteiger partial charge is 0.399 e. The van der Waals surface area contributed by atoms with E-state index in [1.807, 2.05) is 79.0 Å². The van der Waals surface area contributed by atoms with Crippen LogP contribution in [-0.4, -0.2) is 59.1 Å². The van der Waals surface area contributed by atoms with Crippen LogP contribution in [0.1, 0.15) is 59.5 Å². The number of anilines is 2. The molecule has 0 saturated carbocycles. The first kappa shape index (κ1) is 40.4. The number of fused-ring (bicyclic) bond motifs is 2. The number of aryl methyl sites for hydroxylation is 2. The highest BCUT2D eigenvalue weighted by molar-refractivity contribution is 9.10. The minimum Gasteiger partial charge on any atom is -0.399 e. The first-order valence-corrected chi connectivity index (χ1v) is 18.9. The van der Waals surface area contributed by atoms with Gasteiger partial charge in [0, 0.05) is 65.9 Å². The molecular weight excluding hydrogens is 735 g/mol. The molecule has 0 radical (unpaired) electrons. The first-order valence-electron chi connectivity index (χ1n) is 18.1. The molecule has 1 saturated heterocycles. The van der Waals surface area contributed by atoms with Crippen molar-refractivity contribution in [2.24, 2.45) is 0 Å². The Kier molecular flexibility index (Phi) is 12.5. The van der Waals surface area contributed by atoms with Crippen molar-refractivity contribution in [2.45, 2.75) is 52.7 Å². The van der Waals surface area contributed by atoms with Crippen molar-refractivity contribution in [3.8, 4) is 11.1 Å². The number of hydrogen-bond acceptors (Lipinski definition) is 6. The van der Waals surface area contributed by atoms with Crippen molar-refractivity contribution in [3.63, 3.8) is 0 Å². The highest BCUT2D eigenvalue weighted by Gasteiger charge is 2.52. The first-order chi connectivity index (χ1) is 25.6. The van der Waals surface area contributed by atoms with Crippen molar-refractivity contribution in [2.75, 3.05) is 38.0 Å². The lowest BCUT2D eigenvalue weighted by Crippen LogP contribution is -2.41. The molecule has 0 bridgehead atoms. The fourth-order valence-electron chi connectivity index (χ4n) is 6.55. The van der Waals surface area contributed by atoms with Gasteiger partial charge >= 0.3 is 7.12 Å². The second kappa shape index (κ2) is 16.7. The molecule has 0 atom stereocenters. The molecule has 0 unspecified atom stereocenters. The van der Waals surface area contributed by atoms with E-state index in [0.717, 1.165) is 50.3 Å². The van der Waals surface area contributed by atoms with Crippen molar-refractivity contribution in [1.82, 2.24) is 0 Å². The lowest BCUT2D eigenvalue weighted by molar-refractivity contribution is 0.00578. The fourth-order valence-corrected chi connectivity index (χ4v) is 7.04. The van der Waals surface area contributed by atoms with Gasteiger partial charge in [-0.3, -0.25) is 9.59 Å². The van der Waals surface area contributed by atoms with Crippen LogP contribution in [-0.2, 0) is 9.31 Å². The summed E-state index contributed by atoms with van der Waals surface area (Å²) in [6.07, 6.45) is 1.78. The molecule has 6 aromatic rings. The Labute approximate surface area is 329 Å². The van der Waals surface area contributed by atoms with Crippen molar-refractivity contribution in [3.05, 3.63) is 136 Å². The summed E-state index contributed by atoms with van der Waals surface area (Å²) in [5, 5.41) is 4.91. The zero-order chi connectivity index (χ0) is 39.4. The number of rotatable bonds is 6. The summed E-state index contributed by atoms with van der Waals surface area (Å²) < 4.78 is 13.1. The summed E-state index contributed by atoms with van der Waals surface area (Å²) in [5.41, 5.74) is 8.16. The summed E-state index contributed by atoms with van der Waals surface area (Å²) in [7, 11) is 7.75. The van der Waals surface area contributed by atoms with Crippen LogP contribution in [0.2, 0.25) is 0 Å². The largest absolute Gasteiger partial charge is 0.495 e. The SMILES string of the molecule is CN(C)c1cccc2c(Br)cccc12.Cc1ccc(C=O)c(-c2cccc3c(N(C)C)cccc23)c1.Cc1ccc(C=O)c(B2OC(C)(C)C(C)(C)O2)c1. The van der Waals surface area contributed by atoms with Gasteiger partial charge in [0.2, 0.25) is 0 Å². The maximum Gasteiger partial charge on any atom is 0.495 e. The lowest BCUT2D eigenvalue weighted by Gasteiger charge is -2.32. The van der Waals surface area contributed by atoms with Gasteiger partial charge in [-0.05, 0) is 87.1 Å². The Morgan fingerprint density at radius 3 is 1.57 bits per heavy atom. The molecule has 1 aliphatic heterocycles. The van der Waals surface area contributed by atoms with Crippen LogP contribution in [0.25, 0.3) is 32.7 Å². The maximum absolute atomic E-state index is 11.4. The van der Waals surface area contributed by atoms with Crippen LogP contribution in [0.3, 0.4) is 0 Å². The summed E-state index contributed by atoms with van der Waals surface area (Å²) in [6.45, 7) is 12.1. The molecule has 6 aromatic carbocycles. The zero-order valence-electron chi connectivity index (χ0n) is 33.0. The third-order valence-electron chi connectivity index (χ3n) is 10.2. The number of halogens is 1. The quantitative estimate of drug-likeness (QED) is 0.124. The van der Waals surface area contributed by atoms with Gasteiger partial charge in [-0.15, -0.1) is 0 Å². The van der Waals surface area contributed by atoms with Gasteiger partial charge in [0.1, 0.15) is 6.29 Å². The lowest BCUT2D eigenvalue weighted by atomic mass is 9.75. The molecule has 0 aliphatic carbocycles. The Morgan fingerprint density at radius 1 is 0.556 bits per heavy atom. The van der Waals surface area contributed by atoms with Gasteiger partial charge in [0.15, 0.2) is 6.29 Å². The van der Waals surface area contributed by atoms with Gasteiger partial charge in [0.25, 0.3) is 0 Å². The number of aldehydes is 2. The van der Waals surface area contributed by atoms with Crippen LogP contribution >= 0.6 is 15.9 Å². The van der Waals surface area contributed by atoms with E-state index >= 15 is 0 Å². The minimum absolute atomic E-state index is 0.387. The van der Waals surface area contributed by atoms with E-state index in [0.29, 0.717) is 5.56 Å². The summed E-state index contributed by atoms with van der Waals surface area (Å²) in [4.78, 5) is 26.8. The van der Waals surface area contributed by atoms with E-state index in [9.17, 15) is 9.59 Å². The predicted octanol–water partition coefficient (Wildman–Crippen LogP) is 10.5. The molecule has 278 valence electrons. The molecule has 0 aromatic heterocycles. The van der Waals surface area contributed by atoms with Crippen LogP contribution in [0.4, 0.5) is 11.4 Å². The standard InChI is InChI=1S/C20H19NO.C14H19BO3.C12H12BrN/c1-14-10-11-15(13-22)19(12-14)17-6-4-8-18-16(17)7-5-9-20(18)21(2)3;1-10-6-7-11(9-16)12(8-10)15-17-13(2,3)14(4,5)18-15;1-14(2)12-8-4-5-9-10(12)6-3-7-11(9)13/h4-13H,1-3H3;6-9H,1-5H3;3-8H,1-2H3. The number of carbonyl (C=O) groups excluding carboxylic acids is 2. The Bertz CT molecular complexity index is 2280. The van der Waals surface area contributed by atoms with Crippen LogP contribution in [0.15, 0.2) is 114 Å². The fraction of sp³-hybridized carbons (Fsp3) is 0.261. The molecule has 1 heterocycles. The minimum atomic E-state index is -0.477. The number of hydrogen-bond donors (Lipinski definition) is 0. The molecule has 54 heavy (non-hydrogen) atoms. The second-order valence-electron chi connectivity index (χ2n) is 15.1. The number of benzene rings is 6. The van der Waals surface area contributed by atoms with Crippen LogP contribution < -0.4 is 15.3 Å². The van der Waals surface area contributed by atoms with E-state index in [4.69, 9.17) is 9.31 Å². The molecule has 6 nitrogen and oxygen atoms in total. The summed E-state index contributed by atoms with van der Waals surface area (Å²) >= 11 is 3.56. The van der Waals surface area contributed by atoms with Gasteiger partial charge in [-0.1, -0.05) is 118 Å². The zero-order valence-corrected chi connectivity index (χ0v) is 34.6. The van der Waals surface area contributed by atoms with Gasteiger partial charge < -0.3 is 19.1 Å². The van der Waals surface area contributed by atoms with Crippen molar-refractivity contribution >= 4 is 74.0 Å². The predicted molar refractivity (Wildman–Crippen MR) is 232 cm³/mol. The Balaban J connectivity index is 0.000000160. The summed E-state index contributed by atoms with van der Waals surface area (Å²) in [5.74, 6) is 0.